The van der Waals surface area contributed by atoms with Gasteiger partial charge in [-0.3, -0.25) is 0 Å². The molecule has 7 heteroatoms. The maximum atomic E-state index is 10.5. The Morgan fingerprint density at radius 2 is 1.79 bits per heavy atom. The summed E-state index contributed by atoms with van der Waals surface area (Å²) in [7, 11) is 1.19. The molecule has 7 nitrogen and oxygen atoms in total. The van der Waals surface area contributed by atoms with Crippen LogP contribution in [-0.2, 0) is 14.3 Å². The van der Waals surface area contributed by atoms with Gasteiger partial charge in [0.15, 0.2) is 12.4 Å². The second-order valence-electron chi connectivity index (χ2n) is 2.97. The highest BCUT2D eigenvalue weighted by Gasteiger charge is 2.46. The van der Waals surface area contributed by atoms with Gasteiger partial charge in [0, 0.05) is 7.11 Å². The van der Waals surface area contributed by atoms with Crippen LogP contribution in [0.2, 0.25) is 0 Å². The van der Waals surface area contributed by atoms with Crippen molar-refractivity contribution >= 4 is 5.97 Å². The minimum Gasteiger partial charge on any atom is -0.479 e. The van der Waals surface area contributed by atoms with E-state index in [0.29, 0.717) is 0 Å². The highest BCUT2D eigenvalue weighted by molar-refractivity contribution is 5.73. The van der Waals surface area contributed by atoms with Crippen molar-refractivity contribution in [2.24, 2.45) is 0 Å². The van der Waals surface area contributed by atoms with E-state index in [1.807, 2.05) is 0 Å². The van der Waals surface area contributed by atoms with Gasteiger partial charge < -0.3 is 29.9 Å². The summed E-state index contributed by atoms with van der Waals surface area (Å²) in [6, 6.07) is 0. The molecule has 5 atom stereocenters. The van der Waals surface area contributed by atoms with Crippen LogP contribution >= 0.6 is 0 Å². The summed E-state index contributed by atoms with van der Waals surface area (Å²) < 4.78 is 9.31. The minimum atomic E-state index is -1.67. The van der Waals surface area contributed by atoms with E-state index in [4.69, 9.17) is 9.84 Å². The summed E-state index contributed by atoms with van der Waals surface area (Å²) in [5.74, 6) is -1.43. The zero-order valence-corrected chi connectivity index (χ0v) is 7.40. The first-order valence-electron chi connectivity index (χ1n) is 3.94. The number of carbonyl (C=O) groups is 1. The van der Waals surface area contributed by atoms with Gasteiger partial charge in [0.05, 0.1) is 0 Å². The number of ether oxygens (including phenoxy) is 2. The van der Waals surface area contributed by atoms with E-state index in [2.05, 4.69) is 4.74 Å². The quantitative estimate of drug-likeness (QED) is 0.397. The first-order chi connectivity index (χ1) is 6.49. The fourth-order valence-electron chi connectivity index (χ4n) is 1.25. The maximum Gasteiger partial charge on any atom is 0.335 e. The summed E-state index contributed by atoms with van der Waals surface area (Å²) in [5.41, 5.74) is 0. The zero-order valence-electron chi connectivity index (χ0n) is 7.40. The van der Waals surface area contributed by atoms with Crippen molar-refractivity contribution < 1.29 is 34.7 Å². The molecular weight excluding hydrogens is 196 g/mol. The average Bonchev–Trinajstić information content (AvgIpc) is 2.14. The number of aliphatic carboxylic acids is 1. The third-order valence-electron chi connectivity index (χ3n) is 2.05. The van der Waals surface area contributed by atoms with E-state index in [0.717, 1.165) is 0 Å². The van der Waals surface area contributed by atoms with Crippen LogP contribution in [0.3, 0.4) is 0 Å². The molecule has 0 aromatic rings. The van der Waals surface area contributed by atoms with Gasteiger partial charge in [-0.05, 0) is 0 Å². The molecule has 0 unspecified atom stereocenters. The van der Waals surface area contributed by atoms with E-state index in [9.17, 15) is 20.1 Å². The summed E-state index contributed by atoms with van der Waals surface area (Å²) >= 11 is 0. The third-order valence-corrected chi connectivity index (χ3v) is 2.05. The lowest BCUT2D eigenvalue weighted by molar-refractivity contribution is -0.287. The largest absolute Gasteiger partial charge is 0.479 e. The Balaban J connectivity index is 2.78. The van der Waals surface area contributed by atoms with Gasteiger partial charge in [0.1, 0.15) is 18.3 Å². The molecule has 0 aliphatic carbocycles. The molecule has 0 amide bonds. The molecule has 0 saturated carbocycles. The third kappa shape index (κ3) is 1.86. The number of hydrogen-bond donors (Lipinski definition) is 4. The Morgan fingerprint density at radius 1 is 1.21 bits per heavy atom. The molecule has 1 aliphatic rings. The van der Waals surface area contributed by atoms with Crippen LogP contribution in [0.15, 0.2) is 0 Å². The number of aliphatic hydroxyl groups excluding tert-OH is 3. The molecule has 0 aromatic carbocycles. The van der Waals surface area contributed by atoms with Crippen LogP contribution in [0.4, 0.5) is 0 Å². The molecule has 0 radical (unpaired) electrons. The Morgan fingerprint density at radius 3 is 2.21 bits per heavy atom. The lowest BCUT2D eigenvalue weighted by Crippen LogP contribution is -2.60. The van der Waals surface area contributed by atoms with Crippen LogP contribution in [0.5, 0.6) is 0 Å². The van der Waals surface area contributed by atoms with E-state index >= 15 is 0 Å². The maximum absolute atomic E-state index is 10.5. The smallest absolute Gasteiger partial charge is 0.335 e. The fraction of sp³-hybridized carbons (Fsp3) is 0.857. The lowest BCUT2D eigenvalue weighted by Gasteiger charge is -2.37. The van der Waals surface area contributed by atoms with Crippen molar-refractivity contribution in [2.75, 3.05) is 7.11 Å². The highest BCUT2D eigenvalue weighted by atomic mass is 16.7. The van der Waals surface area contributed by atoms with Crippen LogP contribution in [0, 0.1) is 0 Å². The molecule has 1 heterocycles. The summed E-state index contributed by atoms with van der Waals surface area (Å²) in [4.78, 5) is 10.5. The Hall–Kier alpha value is -0.730. The molecule has 1 fully saturated rings. The van der Waals surface area contributed by atoms with Crippen molar-refractivity contribution in [3.05, 3.63) is 0 Å². The molecule has 1 rings (SSSR count). The molecule has 82 valence electrons. The molecule has 4 N–H and O–H groups in total. The standard InChI is InChI=1S/C7H12O7/c1-13-7-4(10)2(8)3(9)5(14-7)6(11)12/h2-5,7-10H,1H3,(H,11,12)/t2-,3-,4-,5-,7-/m0/s1. The molecule has 0 aromatic heterocycles. The predicted octanol–water partition coefficient (Wildman–Crippen LogP) is -2.47. The topological polar surface area (TPSA) is 116 Å². The molecule has 0 bridgehead atoms. The van der Waals surface area contributed by atoms with Crippen molar-refractivity contribution in [2.45, 2.75) is 30.7 Å². The lowest BCUT2D eigenvalue weighted by atomic mass is 9.99. The van der Waals surface area contributed by atoms with E-state index in [-0.39, 0.29) is 0 Å². The molecular formula is C7H12O7. The van der Waals surface area contributed by atoms with Crippen LogP contribution in [0.1, 0.15) is 0 Å². The average molecular weight is 208 g/mol. The number of aliphatic hydroxyl groups is 3. The van der Waals surface area contributed by atoms with Crippen molar-refractivity contribution in [3.8, 4) is 0 Å². The minimum absolute atomic E-state index is 1.19. The number of hydrogen-bond acceptors (Lipinski definition) is 6. The number of methoxy groups -OCH3 is 1. The van der Waals surface area contributed by atoms with Gasteiger partial charge >= 0.3 is 5.97 Å². The molecule has 0 spiro atoms. The number of rotatable bonds is 2. The van der Waals surface area contributed by atoms with E-state index < -0.39 is 36.7 Å². The zero-order chi connectivity index (χ0) is 10.9. The van der Waals surface area contributed by atoms with Crippen LogP contribution in [-0.4, -0.2) is 64.2 Å². The molecule has 1 saturated heterocycles. The Kier molecular flexibility index (Phi) is 3.40. The number of carboxylic acids is 1. The van der Waals surface area contributed by atoms with Gasteiger partial charge in [0.25, 0.3) is 0 Å². The Labute approximate surface area is 79.5 Å². The highest BCUT2D eigenvalue weighted by Crippen LogP contribution is 2.21. The van der Waals surface area contributed by atoms with Gasteiger partial charge in [-0.15, -0.1) is 0 Å². The second kappa shape index (κ2) is 4.20. The van der Waals surface area contributed by atoms with Crippen molar-refractivity contribution in [1.82, 2.24) is 0 Å². The monoisotopic (exact) mass is 208 g/mol. The normalized spacial score (nSPS) is 43.6. The fourth-order valence-corrected chi connectivity index (χ4v) is 1.25. The summed E-state index contributed by atoms with van der Waals surface area (Å²) in [6.45, 7) is 0. The first-order valence-corrected chi connectivity index (χ1v) is 3.94. The summed E-state index contributed by atoms with van der Waals surface area (Å²) in [6.07, 6.45) is -7.60. The molecule has 1 aliphatic heterocycles. The number of carboxylic acid groups (broad SMARTS) is 1. The van der Waals surface area contributed by atoms with Gasteiger partial charge in [-0.25, -0.2) is 4.79 Å². The van der Waals surface area contributed by atoms with E-state index in [1.165, 1.54) is 7.11 Å². The predicted molar refractivity (Wildman–Crippen MR) is 41.3 cm³/mol. The van der Waals surface area contributed by atoms with Gasteiger partial charge in [-0.1, -0.05) is 0 Å². The molecule has 14 heavy (non-hydrogen) atoms. The van der Waals surface area contributed by atoms with E-state index in [1.54, 1.807) is 0 Å². The van der Waals surface area contributed by atoms with Crippen molar-refractivity contribution in [3.63, 3.8) is 0 Å². The van der Waals surface area contributed by atoms with Crippen molar-refractivity contribution in [1.29, 1.82) is 0 Å². The first kappa shape index (κ1) is 11.3. The van der Waals surface area contributed by atoms with Crippen LogP contribution < -0.4 is 0 Å². The second-order valence-corrected chi connectivity index (χ2v) is 2.97. The SMILES string of the molecule is CO[C@H]1O[C@H](C(=O)O)[C@@H](O)[C@H](O)[C@@H]1O. The van der Waals surface area contributed by atoms with Gasteiger partial charge in [-0.2, -0.15) is 0 Å². The van der Waals surface area contributed by atoms with Gasteiger partial charge in [0.2, 0.25) is 0 Å². The summed E-state index contributed by atoms with van der Waals surface area (Å²) in [5, 5.41) is 36.3. The Bertz CT molecular complexity index is 216. The van der Waals surface area contributed by atoms with Crippen LogP contribution in [0.25, 0.3) is 0 Å².